The third kappa shape index (κ3) is 4.04. The molecule has 0 fully saturated rings. The van der Waals surface area contributed by atoms with Crippen molar-refractivity contribution in [1.29, 1.82) is 0 Å². The lowest BCUT2D eigenvalue weighted by molar-refractivity contribution is -0.120. The minimum Gasteiger partial charge on any atom is -0.356 e. The average Bonchev–Trinajstić information content (AvgIpc) is 3.21. The number of fused-ring (bicyclic) bond motifs is 1. The largest absolute Gasteiger partial charge is 0.356 e. The van der Waals surface area contributed by atoms with E-state index in [1.165, 1.54) is 17.3 Å². The Labute approximate surface area is 156 Å². The fourth-order valence-corrected chi connectivity index (χ4v) is 3.21. The van der Waals surface area contributed by atoms with E-state index < -0.39 is 0 Å². The number of aryl methyl sites for hydroxylation is 4. The molecule has 0 unspecified atom stereocenters. The van der Waals surface area contributed by atoms with Crippen LogP contribution in [0.4, 0.5) is 0 Å². The maximum absolute atomic E-state index is 12.3. The molecule has 0 radical (unpaired) electrons. The van der Waals surface area contributed by atoms with E-state index in [4.69, 9.17) is 0 Å². The van der Waals surface area contributed by atoms with Gasteiger partial charge in [0.1, 0.15) is 0 Å². The zero-order valence-electron chi connectivity index (χ0n) is 15.5. The van der Waals surface area contributed by atoms with Gasteiger partial charge in [-0.2, -0.15) is 10.1 Å². The second-order valence-corrected chi connectivity index (χ2v) is 7.00. The monoisotopic (exact) mass is 373 g/mol. The summed E-state index contributed by atoms with van der Waals surface area (Å²) in [6, 6.07) is 0. The molecule has 0 aliphatic heterocycles. The molecular weight excluding hydrogens is 350 g/mol. The molecule has 26 heavy (non-hydrogen) atoms. The van der Waals surface area contributed by atoms with Crippen LogP contribution in [0.5, 0.6) is 0 Å². The first-order valence-electron chi connectivity index (χ1n) is 8.49. The van der Waals surface area contributed by atoms with Gasteiger partial charge in [0.05, 0.1) is 12.6 Å². The van der Waals surface area contributed by atoms with Crippen molar-refractivity contribution in [3.63, 3.8) is 0 Å². The number of thioether (sulfide) groups is 1. The molecule has 0 aromatic carbocycles. The smallest absolute Gasteiger partial charge is 0.253 e. The number of aromatic nitrogens is 6. The molecule has 1 N–H and O–H groups in total. The standard InChI is InChI=1S/C17H23N7OS/c1-11-14(12(2)24-16(20-11)21-17(22-24)26-4)8-15(25)18-7-5-6-13-9-19-23(3)10-13/h9-10H,5-8H2,1-4H3,(H,18,25). The quantitative estimate of drug-likeness (QED) is 0.498. The number of hydrogen-bond acceptors (Lipinski definition) is 6. The van der Waals surface area contributed by atoms with Crippen molar-refractivity contribution >= 4 is 23.4 Å². The Morgan fingerprint density at radius 1 is 1.31 bits per heavy atom. The lowest BCUT2D eigenvalue weighted by atomic mass is 10.1. The zero-order valence-corrected chi connectivity index (χ0v) is 16.3. The lowest BCUT2D eigenvalue weighted by Gasteiger charge is -2.10. The van der Waals surface area contributed by atoms with E-state index >= 15 is 0 Å². The summed E-state index contributed by atoms with van der Waals surface area (Å²) >= 11 is 1.47. The van der Waals surface area contributed by atoms with Gasteiger partial charge in [0.2, 0.25) is 11.1 Å². The van der Waals surface area contributed by atoms with Gasteiger partial charge in [-0.3, -0.25) is 9.48 Å². The Balaban J connectivity index is 1.59. The minimum absolute atomic E-state index is 0.00579. The van der Waals surface area contributed by atoms with Crippen molar-refractivity contribution in [3.05, 3.63) is 34.9 Å². The molecule has 0 aliphatic rings. The van der Waals surface area contributed by atoms with Gasteiger partial charge in [-0.05, 0) is 38.5 Å². The fraction of sp³-hybridized carbons (Fsp3) is 0.471. The Bertz CT molecular complexity index is 931. The molecule has 8 nitrogen and oxygen atoms in total. The van der Waals surface area contributed by atoms with Crippen molar-refractivity contribution in [2.45, 2.75) is 38.3 Å². The first kappa shape index (κ1) is 18.4. The number of hydrogen-bond donors (Lipinski definition) is 1. The Morgan fingerprint density at radius 2 is 2.12 bits per heavy atom. The molecule has 3 aromatic rings. The summed E-state index contributed by atoms with van der Waals surface area (Å²) in [5.41, 5.74) is 3.81. The van der Waals surface area contributed by atoms with Crippen LogP contribution < -0.4 is 5.32 Å². The summed E-state index contributed by atoms with van der Waals surface area (Å²) < 4.78 is 3.50. The number of nitrogens with zero attached hydrogens (tertiary/aromatic N) is 6. The van der Waals surface area contributed by atoms with Crippen molar-refractivity contribution in [3.8, 4) is 0 Å². The van der Waals surface area contributed by atoms with E-state index in [-0.39, 0.29) is 5.91 Å². The van der Waals surface area contributed by atoms with Crippen molar-refractivity contribution in [1.82, 2.24) is 34.7 Å². The van der Waals surface area contributed by atoms with Crippen LogP contribution in [0.25, 0.3) is 5.78 Å². The van der Waals surface area contributed by atoms with Crippen LogP contribution in [0.15, 0.2) is 17.6 Å². The van der Waals surface area contributed by atoms with Crippen molar-refractivity contribution in [2.24, 2.45) is 7.05 Å². The van der Waals surface area contributed by atoms with Crippen molar-refractivity contribution in [2.75, 3.05) is 12.8 Å². The fourth-order valence-electron chi connectivity index (χ4n) is 2.88. The highest BCUT2D eigenvalue weighted by atomic mass is 32.2. The Morgan fingerprint density at radius 3 is 2.81 bits per heavy atom. The number of rotatable bonds is 7. The van der Waals surface area contributed by atoms with E-state index in [2.05, 4.69) is 25.5 Å². The maximum Gasteiger partial charge on any atom is 0.253 e. The van der Waals surface area contributed by atoms with Crippen LogP contribution in [-0.2, 0) is 24.7 Å². The lowest BCUT2D eigenvalue weighted by Crippen LogP contribution is -2.27. The molecule has 9 heteroatoms. The van der Waals surface area contributed by atoms with Crippen LogP contribution in [-0.4, -0.2) is 48.1 Å². The third-order valence-electron chi connectivity index (χ3n) is 4.27. The van der Waals surface area contributed by atoms with Crippen LogP contribution >= 0.6 is 11.8 Å². The molecule has 0 saturated carbocycles. The summed E-state index contributed by atoms with van der Waals surface area (Å²) in [6.45, 7) is 4.50. The summed E-state index contributed by atoms with van der Waals surface area (Å²) in [4.78, 5) is 21.2. The number of carbonyl (C=O) groups is 1. The van der Waals surface area contributed by atoms with Crippen LogP contribution in [0, 0.1) is 13.8 Å². The highest BCUT2D eigenvalue weighted by Crippen LogP contribution is 2.17. The average molecular weight is 373 g/mol. The van der Waals surface area contributed by atoms with Gasteiger partial charge in [-0.15, -0.1) is 5.10 Å². The van der Waals surface area contributed by atoms with Crippen LogP contribution in [0.1, 0.15) is 28.9 Å². The summed E-state index contributed by atoms with van der Waals surface area (Å²) in [6.07, 6.45) is 7.86. The van der Waals surface area contributed by atoms with Gasteiger partial charge in [0.25, 0.3) is 5.78 Å². The minimum atomic E-state index is -0.00579. The zero-order chi connectivity index (χ0) is 18.7. The number of carbonyl (C=O) groups excluding carboxylic acids is 1. The second-order valence-electron chi connectivity index (χ2n) is 6.22. The van der Waals surface area contributed by atoms with Gasteiger partial charge >= 0.3 is 0 Å². The highest BCUT2D eigenvalue weighted by molar-refractivity contribution is 7.98. The van der Waals surface area contributed by atoms with E-state index in [1.807, 2.05) is 39.5 Å². The topological polar surface area (TPSA) is 90.0 Å². The first-order valence-corrected chi connectivity index (χ1v) is 9.71. The highest BCUT2D eigenvalue weighted by Gasteiger charge is 2.15. The first-order chi connectivity index (χ1) is 12.5. The van der Waals surface area contributed by atoms with Gasteiger partial charge in [0, 0.05) is 36.7 Å². The Hall–Kier alpha value is -2.42. The normalized spacial score (nSPS) is 11.2. The van der Waals surface area contributed by atoms with Gasteiger partial charge in [-0.25, -0.2) is 9.50 Å². The Kier molecular flexibility index (Phi) is 5.55. The van der Waals surface area contributed by atoms with Gasteiger partial charge in [0.15, 0.2) is 0 Å². The summed E-state index contributed by atoms with van der Waals surface area (Å²) in [5, 5.41) is 12.2. The van der Waals surface area contributed by atoms with E-state index in [1.54, 1.807) is 9.20 Å². The predicted molar refractivity (Wildman–Crippen MR) is 100 cm³/mol. The van der Waals surface area contributed by atoms with Crippen molar-refractivity contribution < 1.29 is 4.79 Å². The van der Waals surface area contributed by atoms with Gasteiger partial charge < -0.3 is 5.32 Å². The molecule has 0 aliphatic carbocycles. The SMILES string of the molecule is CSc1nc2nc(C)c(CC(=O)NCCCc3cnn(C)c3)c(C)n2n1. The molecule has 138 valence electrons. The summed E-state index contributed by atoms with van der Waals surface area (Å²) in [5.74, 6) is 0.568. The molecule has 1 amide bonds. The predicted octanol–water partition coefficient (Wildman–Crippen LogP) is 1.49. The van der Waals surface area contributed by atoms with E-state index in [0.29, 0.717) is 23.9 Å². The van der Waals surface area contributed by atoms with Crippen LogP contribution in [0.2, 0.25) is 0 Å². The molecular formula is C17H23N7OS. The molecule has 0 atom stereocenters. The molecule has 0 bridgehead atoms. The maximum atomic E-state index is 12.3. The molecule has 3 aromatic heterocycles. The summed E-state index contributed by atoms with van der Waals surface area (Å²) in [7, 11) is 1.90. The second kappa shape index (κ2) is 7.86. The molecule has 0 spiro atoms. The van der Waals surface area contributed by atoms with Crippen LogP contribution in [0.3, 0.4) is 0 Å². The van der Waals surface area contributed by atoms with E-state index in [0.717, 1.165) is 29.8 Å². The third-order valence-corrected chi connectivity index (χ3v) is 4.81. The van der Waals surface area contributed by atoms with Gasteiger partial charge in [-0.1, -0.05) is 11.8 Å². The number of nitrogens with one attached hydrogen (secondary N) is 1. The molecule has 3 heterocycles. The molecule has 3 rings (SSSR count). The number of amides is 1. The van der Waals surface area contributed by atoms with E-state index in [9.17, 15) is 4.79 Å². The molecule has 0 saturated heterocycles.